The van der Waals surface area contributed by atoms with Gasteiger partial charge in [0.25, 0.3) is 5.91 Å². The van der Waals surface area contributed by atoms with E-state index >= 15 is 0 Å². The minimum absolute atomic E-state index is 0.206. The molecule has 1 saturated heterocycles. The van der Waals surface area contributed by atoms with Gasteiger partial charge in [0.2, 0.25) is 0 Å². The number of pyridine rings is 1. The van der Waals surface area contributed by atoms with Gasteiger partial charge >= 0.3 is 0 Å². The van der Waals surface area contributed by atoms with E-state index in [0.717, 1.165) is 17.8 Å². The van der Waals surface area contributed by atoms with Gasteiger partial charge in [0, 0.05) is 23.5 Å². The van der Waals surface area contributed by atoms with Crippen LogP contribution in [0.2, 0.25) is 5.02 Å². The summed E-state index contributed by atoms with van der Waals surface area (Å²) in [5.74, 6) is 0.951. The maximum Gasteiger partial charge on any atom is 0.258 e. The molecule has 0 spiro atoms. The predicted octanol–water partition coefficient (Wildman–Crippen LogP) is 5.61. The lowest BCUT2D eigenvalue weighted by molar-refractivity contribution is 0.102. The van der Waals surface area contributed by atoms with Crippen molar-refractivity contribution in [3.05, 3.63) is 52.7 Å². The van der Waals surface area contributed by atoms with Crippen molar-refractivity contribution >= 4 is 29.0 Å². The number of likely N-dealkylation sites (tertiary alicyclic amines) is 1. The number of aryl methyl sites for hydroxylation is 1. The molecule has 1 aliphatic heterocycles. The number of anilines is 2. The van der Waals surface area contributed by atoms with Gasteiger partial charge in [0.05, 0.1) is 5.56 Å². The van der Waals surface area contributed by atoms with Crippen LogP contribution in [0.1, 0.15) is 54.9 Å². The number of carbonyl (C=O) groups is 1. The van der Waals surface area contributed by atoms with E-state index in [-0.39, 0.29) is 5.91 Å². The van der Waals surface area contributed by atoms with E-state index in [1.165, 1.54) is 51.7 Å². The molecule has 3 rings (SSSR count). The smallest absolute Gasteiger partial charge is 0.258 e. The second-order valence-electron chi connectivity index (χ2n) is 8.24. The van der Waals surface area contributed by atoms with E-state index in [0.29, 0.717) is 22.3 Å². The maximum absolute atomic E-state index is 12.8. The fourth-order valence-corrected chi connectivity index (χ4v) is 4.01. The van der Waals surface area contributed by atoms with Gasteiger partial charge in [-0.05, 0) is 81.6 Å². The lowest BCUT2D eigenvalue weighted by atomic mass is 9.96. The van der Waals surface area contributed by atoms with Crippen molar-refractivity contribution in [2.75, 3.05) is 36.8 Å². The zero-order chi connectivity index (χ0) is 21.3. The first-order chi connectivity index (χ1) is 14.5. The highest BCUT2D eigenvalue weighted by molar-refractivity contribution is 6.31. The van der Waals surface area contributed by atoms with Crippen LogP contribution in [0.15, 0.2) is 36.5 Å². The van der Waals surface area contributed by atoms with Crippen molar-refractivity contribution in [2.45, 2.75) is 46.0 Å². The monoisotopic (exact) mass is 428 g/mol. The standard InChI is InChI=1S/C24H33ClN4O/c1-3-4-5-12-29-13-10-19(11-14-29)17-26-22-8-7-20(25)15-21(22)24(30)28-23-9-6-18(2)16-27-23/h6-9,15-16,19,26H,3-5,10-14,17H2,1-2H3,(H,27,28,30). The summed E-state index contributed by atoms with van der Waals surface area (Å²) in [4.78, 5) is 19.7. The molecular weight excluding hydrogens is 396 g/mol. The molecule has 0 saturated carbocycles. The summed E-state index contributed by atoms with van der Waals surface area (Å²) in [5.41, 5.74) is 2.41. The Labute approximate surface area is 185 Å². The molecule has 1 aromatic carbocycles. The highest BCUT2D eigenvalue weighted by atomic mass is 35.5. The molecule has 0 unspecified atom stereocenters. The number of nitrogens with one attached hydrogen (secondary N) is 2. The Bertz CT molecular complexity index is 816. The van der Waals surface area contributed by atoms with Gasteiger partial charge in [0.15, 0.2) is 0 Å². The van der Waals surface area contributed by atoms with Crippen LogP contribution in [0, 0.1) is 12.8 Å². The molecule has 162 valence electrons. The summed E-state index contributed by atoms with van der Waals surface area (Å²) in [6.07, 6.45) is 8.03. The van der Waals surface area contributed by atoms with Crippen LogP contribution in [0.5, 0.6) is 0 Å². The second-order valence-corrected chi connectivity index (χ2v) is 8.67. The van der Waals surface area contributed by atoms with E-state index < -0.39 is 0 Å². The fraction of sp³-hybridized carbons (Fsp3) is 0.500. The molecule has 2 aromatic rings. The number of benzene rings is 1. The number of hydrogen-bond acceptors (Lipinski definition) is 4. The van der Waals surface area contributed by atoms with Crippen molar-refractivity contribution in [3.8, 4) is 0 Å². The molecule has 1 aliphatic rings. The molecule has 2 heterocycles. The number of nitrogens with zero attached hydrogens (tertiary/aromatic N) is 2. The number of halogens is 1. The van der Waals surface area contributed by atoms with Gasteiger partial charge in [-0.1, -0.05) is 37.4 Å². The molecule has 1 aromatic heterocycles. The molecule has 6 heteroatoms. The van der Waals surface area contributed by atoms with Crippen molar-refractivity contribution in [3.63, 3.8) is 0 Å². The zero-order valence-electron chi connectivity index (χ0n) is 18.1. The molecule has 5 nitrogen and oxygen atoms in total. The van der Waals surface area contributed by atoms with Crippen molar-refractivity contribution in [1.82, 2.24) is 9.88 Å². The van der Waals surface area contributed by atoms with Crippen LogP contribution in [0.4, 0.5) is 11.5 Å². The first-order valence-electron chi connectivity index (χ1n) is 11.0. The molecule has 1 amide bonds. The highest BCUT2D eigenvalue weighted by Crippen LogP contribution is 2.24. The Balaban J connectivity index is 1.55. The summed E-state index contributed by atoms with van der Waals surface area (Å²) < 4.78 is 0. The zero-order valence-corrected chi connectivity index (χ0v) is 18.8. The molecule has 2 N–H and O–H groups in total. The average Bonchev–Trinajstić information content (AvgIpc) is 2.75. The molecule has 0 atom stereocenters. The van der Waals surface area contributed by atoms with Gasteiger partial charge in [0.1, 0.15) is 5.82 Å². The van der Waals surface area contributed by atoms with Crippen LogP contribution in [-0.2, 0) is 0 Å². The third-order valence-corrected chi connectivity index (χ3v) is 5.98. The number of aromatic nitrogens is 1. The maximum atomic E-state index is 12.8. The number of piperidine rings is 1. The lowest BCUT2D eigenvalue weighted by Crippen LogP contribution is -2.36. The van der Waals surface area contributed by atoms with Crippen LogP contribution < -0.4 is 10.6 Å². The van der Waals surface area contributed by atoms with Crippen LogP contribution in [-0.4, -0.2) is 42.0 Å². The topological polar surface area (TPSA) is 57.3 Å². The minimum Gasteiger partial charge on any atom is -0.384 e. The van der Waals surface area contributed by atoms with Crippen LogP contribution in [0.25, 0.3) is 0 Å². The molecule has 30 heavy (non-hydrogen) atoms. The number of carbonyl (C=O) groups excluding carboxylic acids is 1. The van der Waals surface area contributed by atoms with E-state index in [2.05, 4.69) is 27.4 Å². The summed E-state index contributed by atoms with van der Waals surface area (Å²) in [7, 11) is 0. The minimum atomic E-state index is -0.206. The summed E-state index contributed by atoms with van der Waals surface area (Å²) >= 11 is 6.17. The van der Waals surface area contributed by atoms with E-state index in [1.54, 1.807) is 18.3 Å². The van der Waals surface area contributed by atoms with E-state index in [4.69, 9.17) is 11.6 Å². The van der Waals surface area contributed by atoms with E-state index in [9.17, 15) is 4.79 Å². The molecular formula is C24H33ClN4O. The highest BCUT2D eigenvalue weighted by Gasteiger charge is 2.20. The summed E-state index contributed by atoms with van der Waals surface area (Å²) in [6.45, 7) is 8.65. The van der Waals surface area contributed by atoms with Crippen molar-refractivity contribution < 1.29 is 4.79 Å². The molecule has 0 aliphatic carbocycles. The predicted molar refractivity (Wildman–Crippen MR) is 126 cm³/mol. The van der Waals surface area contributed by atoms with Crippen molar-refractivity contribution in [1.29, 1.82) is 0 Å². The summed E-state index contributed by atoms with van der Waals surface area (Å²) in [6, 6.07) is 9.15. The van der Waals surface area contributed by atoms with Gasteiger partial charge in [-0.3, -0.25) is 4.79 Å². The van der Waals surface area contributed by atoms with Crippen molar-refractivity contribution in [2.24, 2.45) is 5.92 Å². The third-order valence-electron chi connectivity index (χ3n) is 5.75. The Morgan fingerprint density at radius 3 is 2.70 bits per heavy atom. The van der Waals surface area contributed by atoms with Gasteiger partial charge in [-0.25, -0.2) is 4.98 Å². The quantitative estimate of drug-likeness (QED) is 0.509. The fourth-order valence-electron chi connectivity index (χ4n) is 3.84. The first kappa shape index (κ1) is 22.6. The average molecular weight is 429 g/mol. The number of unbranched alkanes of at least 4 members (excludes halogenated alkanes) is 2. The van der Waals surface area contributed by atoms with Gasteiger partial charge in [-0.2, -0.15) is 0 Å². The normalized spacial score (nSPS) is 15.2. The molecule has 0 radical (unpaired) electrons. The number of amides is 1. The van der Waals surface area contributed by atoms with Crippen LogP contribution in [0.3, 0.4) is 0 Å². The molecule has 1 fully saturated rings. The Kier molecular flexibility index (Phi) is 8.52. The Morgan fingerprint density at radius 2 is 2.00 bits per heavy atom. The number of rotatable bonds is 9. The third kappa shape index (κ3) is 6.71. The Morgan fingerprint density at radius 1 is 1.20 bits per heavy atom. The first-order valence-corrected chi connectivity index (χ1v) is 11.4. The largest absolute Gasteiger partial charge is 0.384 e. The summed E-state index contributed by atoms with van der Waals surface area (Å²) in [5, 5.41) is 6.90. The molecule has 0 bridgehead atoms. The second kappa shape index (κ2) is 11.3. The van der Waals surface area contributed by atoms with Gasteiger partial charge in [-0.15, -0.1) is 0 Å². The lowest BCUT2D eigenvalue weighted by Gasteiger charge is -2.32. The van der Waals surface area contributed by atoms with Crippen LogP contribution >= 0.6 is 11.6 Å². The van der Waals surface area contributed by atoms with Gasteiger partial charge < -0.3 is 15.5 Å². The Hall–Kier alpha value is -2.11. The number of hydrogen-bond donors (Lipinski definition) is 2. The SMILES string of the molecule is CCCCCN1CCC(CNc2ccc(Cl)cc2C(=O)Nc2ccc(C)cn2)CC1. The van der Waals surface area contributed by atoms with E-state index in [1.807, 2.05) is 25.1 Å².